The summed E-state index contributed by atoms with van der Waals surface area (Å²) in [7, 11) is 0. The molecule has 136 valence electrons. The third kappa shape index (κ3) is 6.57. The lowest BCUT2D eigenvalue weighted by Crippen LogP contribution is -2.55. The first-order valence-corrected chi connectivity index (χ1v) is 8.56. The highest BCUT2D eigenvalue weighted by molar-refractivity contribution is 5.92. The zero-order valence-electron chi connectivity index (χ0n) is 15.3. The molecule has 0 aromatic carbocycles. The third-order valence-electron chi connectivity index (χ3n) is 3.98. The molecule has 2 N–H and O–H groups in total. The number of nitrogens with one attached hydrogen (secondary N) is 2. The van der Waals surface area contributed by atoms with E-state index < -0.39 is 17.2 Å². The topological polar surface area (TPSA) is 80.3 Å². The number of carbonyl (C=O) groups excluding carboxylic acids is 2. The number of pyridine rings is 1. The zero-order chi connectivity index (χ0) is 18.5. The van der Waals surface area contributed by atoms with Crippen molar-refractivity contribution in [3.8, 4) is 0 Å². The third-order valence-corrected chi connectivity index (χ3v) is 3.98. The Labute approximate surface area is 149 Å². The maximum atomic E-state index is 12.3. The van der Waals surface area contributed by atoms with Gasteiger partial charge in [-0.2, -0.15) is 0 Å². The quantitative estimate of drug-likeness (QED) is 0.777. The van der Waals surface area contributed by atoms with Crippen LogP contribution in [0.15, 0.2) is 30.5 Å². The molecule has 0 unspecified atom stereocenters. The highest BCUT2D eigenvalue weighted by Crippen LogP contribution is 2.39. The van der Waals surface area contributed by atoms with E-state index in [0.29, 0.717) is 12.5 Å². The van der Waals surface area contributed by atoms with Gasteiger partial charge in [-0.25, -0.2) is 4.79 Å². The lowest BCUT2D eigenvalue weighted by atomic mass is 9.95. The summed E-state index contributed by atoms with van der Waals surface area (Å²) in [6.45, 7) is 7.73. The summed E-state index contributed by atoms with van der Waals surface area (Å²) < 4.78 is 5.26. The smallest absolute Gasteiger partial charge is 0.407 e. The van der Waals surface area contributed by atoms with Gasteiger partial charge in [0.25, 0.3) is 0 Å². The average molecular weight is 345 g/mol. The van der Waals surface area contributed by atoms with E-state index in [1.165, 1.54) is 6.08 Å². The van der Waals surface area contributed by atoms with Gasteiger partial charge in [0.05, 0.1) is 11.2 Å². The minimum atomic E-state index is -0.547. The van der Waals surface area contributed by atoms with Gasteiger partial charge in [0.2, 0.25) is 5.91 Å². The summed E-state index contributed by atoms with van der Waals surface area (Å²) in [5.41, 5.74) is -0.324. The van der Waals surface area contributed by atoms with Crippen molar-refractivity contribution >= 4 is 18.1 Å². The van der Waals surface area contributed by atoms with Crippen molar-refractivity contribution in [2.45, 2.75) is 51.7 Å². The summed E-state index contributed by atoms with van der Waals surface area (Å²) in [4.78, 5) is 28.3. The maximum absolute atomic E-state index is 12.3. The van der Waals surface area contributed by atoms with Gasteiger partial charge in [0.15, 0.2) is 0 Å². The van der Waals surface area contributed by atoms with Crippen LogP contribution in [0.25, 0.3) is 6.08 Å². The van der Waals surface area contributed by atoms with Crippen LogP contribution < -0.4 is 10.6 Å². The van der Waals surface area contributed by atoms with E-state index in [4.69, 9.17) is 4.74 Å². The molecule has 2 amide bonds. The molecule has 0 saturated heterocycles. The normalized spacial score (nSPS) is 17.0. The Morgan fingerprint density at radius 1 is 1.28 bits per heavy atom. The lowest BCUT2D eigenvalue weighted by molar-refractivity contribution is -0.118. The number of ether oxygens (including phenoxy) is 1. The first-order chi connectivity index (χ1) is 11.7. The molecule has 0 bridgehead atoms. The molecule has 1 heterocycles. The minimum absolute atomic E-state index is 0.203. The molecule has 1 atom stereocenters. The number of nitrogens with zero attached hydrogens (tertiary/aromatic N) is 1. The van der Waals surface area contributed by atoms with Crippen LogP contribution in [-0.4, -0.2) is 34.7 Å². The molecule has 1 saturated carbocycles. The van der Waals surface area contributed by atoms with Crippen LogP contribution in [0, 0.1) is 5.92 Å². The highest BCUT2D eigenvalue weighted by Gasteiger charge is 2.42. The van der Waals surface area contributed by atoms with Crippen molar-refractivity contribution in [1.29, 1.82) is 0 Å². The van der Waals surface area contributed by atoms with Gasteiger partial charge in [0, 0.05) is 18.8 Å². The number of hydrogen-bond acceptors (Lipinski definition) is 4. The number of amides is 2. The van der Waals surface area contributed by atoms with Crippen molar-refractivity contribution in [3.63, 3.8) is 0 Å². The van der Waals surface area contributed by atoms with E-state index in [-0.39, 0.29) is 5.91 Å². The second-order valence-electron chi connectivity index (χ2n) is 7.62. The van der Waals surface area contributed by atoms with Crippen LogP contribution in [-0.2, 0) is 9.53 Å². The molecule has 6 nitrogen and oxygen atoms in total. The molecule has 1 aromatic heterocycles. The van der Waals surface area contributed by atoms with E-state index in [2.05, 4.69) is 15.6 Å². The lowest BCUT2D eigenvalue weighted by Gasteiger charge is -2.31. The molecule has 2 rings (SSSR count). The van der Waals surface area contributed by atoms with Crippen LogP contribution in [0.2, 0.25) is 0 Å². The summed E-state index contributed by atoms with van der Waals surface area (Å²) in [6.07, 6.45) is 6.42. The molecule has 0 radical (unpaired) electrons. The van der Waals surface area contributed by atoms with Crippen molar-refractivity contribution in [1.82, 2.24) is 15.6 Å². The summed E-state index contributed by atoms with van der Waals surface area (Å²) >= 11 is 0. The van der Waals surface area contributed by atoms with Gasteiger partial charge in [-0.1, -0.05) is 6.07 Å². The molecule has 1 fully saturated rings. The Kier molecular flexibility index (Phi) is 5.82. The zero-order valence-corrected chi connectivity index (χ0v) is 15.3. The Balaban J connectivity index is 1.91. The predicted octanol–water partition coefficient (Wildman–Crippen LogP) is 2.90. The Morgan fingerprint density at radius 3 is 2.56 bits per heavy atom. The Morgan fingerprint density at radius 2 is 2.00 bits per heavy atom. The van der Waals surface area contributed by atoms with Crippen molar-refractivity contribution in [2.75, 3.05) is 6.54 Å². The monoisotopic (exact) mass is 345 g/mol. The van der Waals surface area contributed by atoms with E-state index in [1.54, 1.807) is 12.3 Å². The van der Waals surface area contributed by atoms with Gasteiger partial charge in [-0.15, -0.1) is 0 Å². The molecular formula is C19H27N3O3. The van der Waals surface area contributed by atoms with Gasteiger partial charge in [0.1, 0.15) is 5.60 Å². The average Bonchev–Trinajstić information content (AvgIpc) is 3.36. The fourth-order valence-corrected chi connectivity index (χ4v) is 2.54. The first kappa shape index (κ1) is 19.0. The number of aromatic nitrogens is 1. The van der Waals surface area contributed by atoms with E-state index in [0.717, 1.165) is 18.5 Å². The van der Waals surface area contributed by atoms with Crippen LogP contribution >= 0.6 is 0 Å². The van der Waals surface area contributed by atoms with Gasteiger partial charge in [-0.3, -0.25) is 9.78 Å². The molecule has 25 heavy (non-hydrogen) atoms. The second-order valence-corrected chi connectivity index (χ2v) is 7.62. The fraction of sp³-hybridized carbons (Fsp3) is 0.526. The standard InChI is InChI=1S/C19H27N3O3/c1-18(2,3)25-17(24)21-13-19(4,14-8-9-14)22-16(23)11-10-15-7-5-6-12-20-15/h5-7,10-12,14H,8-9,13H2,1-4H3,(H,21,24)(H,22,23)/b11-10-/t19-/m0/s1. The van der Waals surface area contributed by atoms with E-state index in [1.807, 2.05) is 45.9 Å². The summed E-state index contributed by atoms with van der Waals surface area (Å²) in [6, 6.07) is 5.52. The summed E-state index contributed by atoms with van der Waals surface area (Å²) in [5, 5.41) is 5.79. The van der Waals surface area contributed by atoms with Gasteiger partial charge in [-0.05, 0) is 64.7 Å². The highest BCUT2D eigenvalue weighted by atomic mass is 16.6. The molecule has 0 spiro atoms. The predicted molar refractivity (Wildman–Crippen MR) is 96.8 cm³/mol. The Hall–Kier alpha value is -2.37. The van der Waals surface area contributed by atoms with Crippen LogP contribution in [0.5, 0.6) is 0 Å². The molecular weight excluding hydrogens is 318 g/mol. The number of rotatable bonds is 6. The van der Waals surface area contributed by atoms with Crippen molar-refractivity contribution < 1.29 is 14.3 Å². The Bertz CT molecular complexity index is 633. The molecule has 1 aromatic rings. The molecule has 0 aliphatic heterocycles. The number of carbonyl (C=O) groups is 2. The maximum Gasteiger partial charge on any atom is 0.407 e. The first-order valence-electron chi connectivity index (χ1n) is 8.56. The van der Waals surface area contributed by atoms with Crippen LogP contribution in [0.3, 0.4) is 0 Å². The molecule has 1 aliphatic carbocycles. The number of hydrogen-bond donors (Lipinski definition) is 2. The second kappa shape index (κ2) is 7.68. The van der Waals surface area contributed by atoms with Gasteiger partial charge >= 0.3 is 6.09 Å². The van der Waals surface area contributed by atoms with Crippen molar-refractivity contribution in [2.24, 2.45) is 5.92 Å². The minimum Gasteiger partial charge on any atom is -0.444 e. The van der Waals surface area contributed by atoms with Crippen LogP contribution in [0.1, 0.15) is 46.2 Å². The van der Waals surface area contributed by atoms with E-state index in [9.17, 15) is 9.59 Å². The SMILES string of the molecule is CC(C)(C)OC(=O)NC[C@](C)(NC(=O)/C=C\c1ccccn1)C1CC1. The van der Waals surface area contributed by atoms with Crippen LogP contribution in [0.4, 0.5) is 4.79 Å². The largest absolute Gasteiger partial charge is 0.444 e. The number of alkyl carbamates (subject to hydrolysis) is 1. The van der Waals surface area contributed by atoms with E-state index >= 15 is 0 Å². The molecule has 1 aliphatic rings. The fourth-order valence-electron chi connectivity index (χ4n) is 2.54. The molecule has 6 heteroatoms. The summed E-state index contributed by atoms with van der Waals surface area (Å²) in [5.74, 6) is 0.153. The van der Waals surface area contributed by atoms with Crippen molar-refractivity contribution in [3.05, 3.63) is 36.2 Å². The van der Waals surface area contributed by atoms with Gasteiger partial charge < -0.3 is 15.4 Å².